The molecule has 6 rings (SSSR count). The molecule has 200 valence electrons. The van der Waals surface area contributed by atoms with Crippen molar-refractivity contribution in [2.24, 2.45) is 5.92 Å². The lowest BCUT2D eigenvalue weighted by Crippen LogP contribution is -2.40. The summed E-state index contributed by atoms with van der Waals surface area (Å²) in [5.74, 6) is 0.812. The van der Waals surface area contributed by atoms with Crippen molar-refractivity contribution >= 4 is 27.6 Å². The third-order valence-electron chi connectivity index (χ3n) is 8.67. The van der Waals surface area contributed by atoms with Crippen LogP contribution in [-0.2, 0) is 0 Å². The summed E-state index contributed by atoms with van der Waals surface area (Å²) < 4.78 is 2.42. The zero-order valence-electron chi connectivity index (χ0n) is 23.8. The average molecular weight is 510 g/mol. The number of para-hydroxylation sites is 1. The quantitative estimate of drug-likeness (QED) is 0.256. The zero-order chi connectivity index (χ0) is 26.4. The Morgan fingerprint density at radius 2 is 1.76 bits per heavy atom. The Balaban J connectivity index is 1.43. The Morgan fingerprint density at radius 1 is 1.00 bits per heavy atom. The van der Waals surface area contributed by atoms with Gasteiger partial charge in [-0.3, -0.25) is 9.47 Å². The lowest BCUT2D eigenvalue weighted by Gasteiger charge is -2.28. The Morgan fingerprint density at radius 3 is 2.47 bits per heavy atom. The molecule has 5 heteroatoms. The molecule has 0 spiro atoms. The molecule has 5 nitrogen and oxygen atoms in total. The number of aryl methyl sites for hydroxylation is 4. The minimum atomic E-state index is 0.701. The lowest BCUT2D eigenvalue weighted by atomic mass is 10.0. The van der Waals surface area contributed by atoms with E-state index >= 15 is 0 Å². The second kappa shape index (κ2) is 10.3. The van der Waals surface area contributed by atoms with Gasteiger partial charge in [-0.1, -0.05) is 35.9 Å². The standard InChI is InChI=1S/C33H43N5/c1-22-17-23(2)32(24(3)18-22)38-29-11-7-6-10-28(29)31-30(19-25(4)35-33(31)38)36(20-27-12-13-27)16-14-34-21-37-15-8-9-26(37)5/h6-7,10-11,17-19,26-27,34H,8-9,12-16,20-21H2,1-5H3. The largest absolute Gasteiger partial charge is 0.369 e. The lowest BCUT2D eigenvalue weighted by molar-refractivity contribution is 0.249. The average Bonchev–Trinajstić information content (AvgIpc) is 3.52. The molecular formula is C33H43N5. The van der Waals surface area contributed by atoms with Gasteiger partial charge in [0.2, 0.25) is 0 Å². The molecule has 2 fully saturated rings. The summed E-state index contributed by atoms with van der Waals surface area (Å²) in [7, 11) is 0. The number of pyridine rings is 1. The molecule has 1 aliphatic carbocycles. The van der Waals surface area contributed by atoms with Gasteiger partial charge in [0.25, 0.3) is 0 Å². The van der Waals surface area contributed by atoms with Gasteiger partial charge in [0.05, 0.1) is 22.3 Å². The highest BCUT2D eigenvalue weighted by molar-refractivity contribution is 6.14. The van der Waals surface area contributed by atoms with E-state index in [9.17, 15) is 0 Å². The van der Waals surface area contributed by atoms with Crippen molar-refractivity contribution in [1.82, 2.24) is 19.8 Å². The number of rotatable bonds is 9. The number of fused-ring (bicyclic) bond motifs is 3. The van der Waals surface area contributed by atoms with Crippen LogP contribution in [0.15, 0.2) is 42.5 Å². The van der Waals surface area contributed by atoms with Crippen LogP contribution < -0.4 is 10.2 Å². The minimum Gasteiger partial charge on any atom is -0.369 e. The molecule has 38 heavy (non-hydrogen) atoms. The van der Waals surface area contributed by atoms with Crippen LogP contribution in [0.5, 0.6) is 0 Å². The van der Waals surface area contributed by atoms with Crippen molar-refractivity contribution in [1.29, 1.82) is 0 Å². The van der Waals surface area contributed by atoms with Crippen molar-refractivity contribution in [3.63, 3.8) is 0 Å². The van der Waals surface area contributed by atoms with Gasteiger partial charge in [0.1, 0.15) is 5.65 Å². The van der Waals surface area contributed by atoms with E-state index in [2.05, 4.69) is 96.8 Å². The highest BCUT2D eigenvalue weighted by Crippen LogP contribution is 2.40. The second-order valence-electron chi connectivity index (χ2n) is 11.9. The molecule has 3 heterocycles. The summed E-state index contributed by atoms with van der Waals surface area (Å²) in [6.07, 6.45) is 5.36. The molecule has 2 aromatic heterocycles. The van der Waals surface area contributed by atoms with E-state index in [1.165, 1.54) is 76.6 Å². The summed E-state index contributed by atoms with van der Waals surface area (Å²) in [6, 6.07) is 16.5. The van der Waals surface area contributed by atoms with E-state index in [1.807, 2.05) is 0 Å². The number of hydrogen-bond acceptors (Lipinski definition) is 4. The Kier molecular flexibility index (Phi) is 6.92. The maximum atomic E-state index is 5.20. The molecule has 1 N–H and O–H groups in total. The van der Waals surface area contributed by atoms with Gasteiger partial charge >= 0.3 is 0 Å². The van der Waals surface area contributed by atoms with Crippen LogP contribution in [0.2, 0.25) is 0 Å². The first-order valence-corrected chi connectivity index (χ1v) is 14.6. The summed E-state index contributed by atoms with van der Waals surface area (Å²) in [5.41, 5.74) is 9.91. The minimum absolute atomic E-state index is 0.701. The molecule has 2 aliphatic rings. The normalized spacial score (nSPS) is 18.2. The smallest absolute Gasteiger partial charge is 0.147 e. The molecule has 1 saturated carbocycles. The van der Waals surface area contributed by atoms with Crippen LogP contribution in [0.1, 0.15) is 55.0 Å². The van der Waals surface area contributed by atoms with Crippen molar-refractivity contribution in [2.75, 3.05) is 37.7 Å². The number of likely N-dealkylation sites (tertiary alicyclic amines) is 1. The van der Waals surface area contributed by atoms with Gasteiger partial charge in [-0.05, 0) is 96.0 Å². The van der Waals surface area contributed by atoms with Crippen molar-refractivity contribution in [3.8, 4) is 5.69 Å². The van der Waals surface area contributed by atoms with Crippen molar-refractivity contribution in [2.45, 2.75) is 66.3 Å². The second-order valence-corrected chi connectivity index (χ2v) is 11.9. The predicted octanol–water partition coefficient (Wildman–Crippen LogP) is 6.66. The van der Waals surface area contributed by atoms with E-state index in [0.29, 0.717) is 6.04 Å². The maximum Gasteiger partial charge on any atom is 0.147 e. The fourth-order valence-electron chi connectivity index (χ4n) is 6.64. The molecule has 0 radical (unpaired) electrons. The molecule has 1 atom stereocenters. The number of anilines is 1. The van der Waals surface area contributed by atoms with E-state index in [1.54, 1.807) is 0 Å². The fraction of sp³-hybridized carbons (Fsp3) is 0.485. The molecule has 1 aliphatic heterocycles. The molecular weight excluding hydrogens is 466 g/mol. The Hall–Kier alpha value is -2.89. The Labute approximate surface area is 227 Å². The zero-order valence-corrected chi connectivity index (χ0v) is 23.8. The van der Waals surface area contributed by atoms with Gasteiger partial charge < -0.3 is 10.2 Å². The van der Waals surface area contributed by atoms with Gasteiger partial charge in [0, 0.05) is 43.4 Å². The fourth-order valence-corrected chi connectivity index (χ4v) is 6.64. The van der Waals surface area contributed by atoms with E-state index in [4.69, 9.17) is 4.98 Å². The van der Waals surface area contributed by atoms with Crippen LogP contribution in [0.4, 0.5) is 5.69 Å². The molecule has 4 aromatic rings. The number of benzene rings is 2. The summed E-state index contributed by atoms with van der Waals surface area (Å²) in [4.78, 5) is 10.4. The van der Waals surface area contributed by atoms with Crippen LogP contribution >= 0.6 is 0 Å². The molecule has 0 bridgehead atoms. The molecule has 1 unspecified atom stereocenters. The molecule has 1 saturated heterocycles. The monoisotopic (exact) mass is 509 g/mol. The van der Waals surface area contributed by atoms with Crippen LogP contribution in [0, 0.1) is 33.6 Å². The van der Waals surface area contributed by atoms with Crippen LogP contribution in [0.3, 0.4) is 0 Å². The first kappa shape index (κ1) is 25.4. The highest BCUT2D eigenvalue weighted by atomic mass is 15.3. The summed E-state index contributed by atoms with van der Waals surface area (Å²) in [5, 5.41) is 6.35. The van der Waals surface area contributed by atoms with E-state index in [-0.39, 0.29) is 0 Å². The van der Waals surface area contributed by atoms with E-state index < -0.39 is 0 Å². The number of aromatic nitrogens is 2. The topological polar surface area (TPSA) is 36.3 Å². The maximum absolute atomic E-state index is 5.20. The van der Waals surface area contributed by atoms with Gasteiger partial charge in [-0.2, -0.15) is 0 Å². The number of nitrogens with one attached hydrogen (secondary N) is 1. The van der Waals surface area contributed by atoms with Crippen molar-refractivity contribution < 1.29 is 0 Å². The molecule has 0 amide bonds. The van der Waals surface area contributed by atoms with Gasteiger partial charge in [-0.25, -0.2) is 4.98 Å². The highest BCUT2D eigenvalue weighted by Gasteiger charge is 2.28. The third-order valence-corrected chi connectivity index (χ3v) is 8.67. The van der Waals surface area contributed by atoms with Crippen LogP contribution in [0.25, 0.3) is 27.6 Å². The third kappa shape index (κ3) is 4.83. The summed E-state index contributed by atoms with van der Waals surface area (Å²) >= 11 is 0. The molecule has 2 aromatic carbocycles. The predicted molar refractivity (Wildman–Crippen MR) is 161 cm³/mol. The Bertz CT molecular complexity index is 1440. The van der Waals surface area contributed by atoms with Gasteiger partial charge in [0.15, 0.2) is 0 Å². The number of nitrogens with zero attached hydrogens (tertiary/aromatic N) is 4. The SMILES string of the molecule is Cc1cc(C)c(-n2c3ccccc3c3c(N(CCNCN4CCCC4C)CC4CC4)cc(C)nc32)c(C)c1. The van der Waals surface area contributed by atoms with E-state index in [0.717, 1.165) is 43.6 Å². The van der Waals surface area contributed by atoms with Crippen molar-refractivity contribution in [3.05, 3.63) is 64.8 Å². The first-order valence-electron chi connectivity index (χ1n) is 14.6. The number of hydrogen-bond donors (Lipinski definition) is 1. The first-order chi connectivity index (χ1) is 18.4. The van der Waals surface area contributed by atoms with Crippen LogP contribution in [-0.4, -0.2) is 53.3 Å². The van der Waals surface area contributed by atoms with Gasteiger partial charge in [-0.15, -0.1) is 0 Å². The summed E-state index contributed by atoms with van der Waals surface area (Å²) in [6.45, 7) is 16.5.